The maximum atomic E-state index is 11.5. The van der Waals surface area contributed by atoms with Crippen LogP contribution in [0.25, 0.3) is 0 Å². The Bertz CT molecular complexity index is 282. The van der Waals surface area contributed by atoms with Crippen LogP contribution in [0, 0.1) is 29.1 Å². The molecule has 4 atom stereocenters. The van der Waals surface area contributed by atoms with E-state index in [1.807, 2.05) is 6.07 Å². The highest BCUT2D eigenvalue weighted by molar-refractivity contribution is 5.80. The lowest BCUT2D eigenvalue weighted by Gasteiger charge is -2.23. The molecule has 0 saturated heterocycles. The number of nitrogens with one attached hydrogen (secondary N) is 1. The van der Waals surface area contributed by atoms with Gasteiger partial charge in [0.05, 0.1) is 6.07 Å². The van der Waals surface area contributed by atoms with Gasteiger partial charge in [0.2, 0.25) is 5.91 Å². The fourth-order valence-electron chi connectivity index (χ4n) is 2.79. The van der Waals surface area contributed by atoms with Gasteiger partial charge in [-0.25, -0.2) is 0 Å². The number of amides is 1. The molecule has 0 spiro atoms. The van der Waals surface area contributed by atoms with Crippen molar-refractivity contribution in [3.05, 3.63) is 0 Å². The van der Waals surface area contributed by atoms with Gasteiger partial charge in [-0.15, -0.1) is 0 Å². The predicted molar refractivity (Wildman–Crippen MR) is 52.2 cm³/mol. The standard InChI is InChI=1S/C11H16N2O/c1-7(6-12)11(14)13-10-5-8-2-3-9(10)4-8/h7-10H,2-5H2,1H3,(H,13,14). The summed E-state index contributed by atoms with van der Waals surface area (Å²) in [5.41, 5.74) is 0. The molecule has 0 aromatic rings. The Morgan fingerprint density at radius 1 is 1.50 bits per heavy atom. The Morgan fingerprint density at radius 3 is 2.79 bits per heavy atom. The molecule has 2 rings (SSSR count). The summed E-state index contributed by atoms with van der Waals surface area (Å²) in [6, 6.07) is 2.33. The van der Waals surface area contributed by atoms with Gasteiger partial charge < -0.3 is 5.32 Å². The van der Waals surface area contributed by atoms with E-state index in [1.165, 1.54) is 19.3 Å². The zero-order valence-electron chi connectivity index (χ0n) is 8.49. The van der Waals surface area contributed by atoms with Gasteiger partial charge in [0.25, 0.3) is 0 Å². The van der Waals surface area contributed by atoms with Crippen molar-refractivity contribution in [2.24, 2.45) is 17.8 Å². The number of nitrogens with zero attached hydrogens (tertiary/aromatic N) is 1. The largest absolute Gasteiger partial charge is 0.352 e. The minimum atomic E-state index is -0.505. The van der Waals surface area contributed by atoms with Crippen LogP contribution in [0.5, 0.6) is 0 Å². The topological polar surface area (TPSA) is 52.9 Å². The van der Waals surface area contributed by atoms with Gasteiger partial charge in [0.1, 0.15) is 5.92 Å². The molecular weight excluding hydrogens is 176 g/mol. The Balaban J connectivity index is 1.87. The average Bonchev–Trinajstić information content (AvgIpc) is 2.77. The van der Waals surface area contributed by atoms with Crippen molar-refractivity contribution in [3.63, 3.8) is 0 Å². The van der Waals surface area contributed by atoms with E-state index in [-0.39, 0.29) is 5.91 Å². The van der Waals surface area contributed by atoms with Crippen molar-refractivity contribution in [1.29, 1.82) is 5.26 Å². The molecular formula is C11H16N2O. The van der Waals surface area contributed by atoms with Crippen molar-refractivity contribution in [3.8, 4) is 6.07 Å². The molecule has 2 aliphatic rings. The first-order valence-corrected chi connectivity index (χ1v) is 5.40. The van der Waals surface area contributed by atoms with Gasteiger partial charge in [-0.1, -0.05) is 6.42 Å². The normalized spacial score (nSPS) is 36.4. The first kappa shape index (κ1) is 9.51. The maximum Gasteiger partial charge on any atom is 0.237 e. The van der Waals surface area contributed by atoms with Crippen molar-refractivity contribution < 1.29 is 4.79 Å². The predicted octanol–water partition coefficient (Wildman–Crippen LogP) is 1.45. The van der Waals surface area contributed by atoms with Crippen LogP contribution in [0.2, 0.25) is 0 Å². The zero-order valence-corrected chi connectivity index (χ0v) is 8.49. The lowest BCUT2D eigenvalue weighted by atomic mass is 9.95. The van der Waals surface area contributed by atoms with Gasteiger partial charge in [0.15, 0.2) is 0 Å². The lowest BCUT2D eigenvalue weighted by Crippen LogP contribution is -2.40. The average molecular weight is 192 g/mol. The third kappa shape index (κ3) is 1.61. The summed E-state index contributed by atoms with van der Waals surface area (Å²) < 4.78 is 0. The summed E-state index contributed by atoms with van der Waals surface area (Å²) in [5, 5.41) is 11.6. The first-order valence-electron chi connectivity index (χ1n) is 5.40. The molecule has 2 fully saturated rings. The van der Waals surface area contributed by atoms with Crippen LogP contribution in [0.4, 0.5) is 0 Å². The van der Waals surface area contributed by atoms with Crippen LogP contribution in [-0.4, -0.2) is 11.9 Å². The second-order valence-electron chi connectivity index (χ2n) is 4.64. The lowest BCUT2D eigenvalue weighted by molar-refractivity contribution is -0.124. The van der Waals surface area contributed by atoms with Gasteiger partial charge in [-0.05, 0) is 38.0 Å². The third-order valence-corrected chi connectivity index (χ3v) is 3.65. The smallest absolute Gasteiger partial charge is 0.237 e. The Morgan fingerprint density at radius 2 is 2.29 bits per heavy atom. The van der Waals surface area contributed by atoms with Gasteiger partial charge in [0, 0.05) is 6.04 Å². The Labute approximate surface area is 84.5 Å². The molecule has 3 nitrogen and oxygen atoms in total. The zero-order chi connectivity index (χ0) is 10.1. The number of rotatable bonds is 2. The van der Waals surface area contributed by atoms with Crippen LogP contribution in [0.3, 0.4) is 0 Å². The molecule has 2 bridgehead atoms. The summed E-state index contributed by atoms with van der Waals surface area (Å²) in [6.45, 7) is 1.66. The molecule has 1 N–H and O–H groups in total. The van der Waals surface area contributed by atoms with Gasteiger partial charge in [-0.2, -0.15) is 5.26 Å². The van der Waals surface area contributed by atoms with E-state index in [1.54, 1.807) is 6.92 Å². The molecule has 14 heavy (non-hydrogen) atoms. The summed E-state index contributed by atoms with van der Waals surface area (Å²) in [4.78, 5) is 11.5. The van der Waals surface area contributed by atoms with E-state index >= 15 is 0 Å². The molecule has 2 saturated carbocycles. The van der Waals surface area contributed by atoms with Crippen LogP contribution >= 0.6 is 0 Å². The summed E-state index contributed by atoms with van der Waals surface area (Å²) in [6.07, 6.45) is 5.02. The number of fused-ring (bicyclic) bond motifs is 2. The molecule has 0 aromatic heterocycles. The van der Waals surface area contributed by atoms with Crippen molar-refractivity contribution in [2.45, 2.75) is 38.6 Å². The van der Waals surface area contributed by atoms with Crippen LogP contribution < -0.4 is 5.32 Å². The van der Waals surface area contributed by atoms with E-state index in [9.17, 15) is 4.79 Å². The minimum absolute atomic E-state index is 0.0925. The van der Waals surface area contributed by atoms with Crippen LogP contribution in [0.15, 0.2) is 0 Å². The molecule has 76 valence electrons. The summed E-state index contributed by atoms with van der Waals surface area (Å²) >= 11 is 0. The molecule has 0 aliphatic heterocycles. The van der Waals surface area contributed by atoms with Crippen molar-refractivity contribution in [1.82, 2.24) is 5.32 Å². The molecule has 4 unspecified atom stereocenters. The maximum absolute atomic E-state index is 11.5. The van der Waals surface area contributed by atoms with Gasteiger partial charge >= 0.3 is 0 Å². The molecule has 3 heteroatoms. The SMILES string of the molecule is CC(C#N)C(=O)NC1CC2CCC1C2. The molecule has 1 amide bonds. The fraction of sp³-hybridized carbons (Fsp3) is 0.818. The number of hydrogen-bond acceptors (Lipinski definition) is 2. The summed E-state index contributed by atoms with van der Waals surface area (Å²) in [7, 11) is 0. The second-order valence-corrected chi connectivity index (χ2v) is 4.64. The molecule has 0 aromatic carbocycles. The third-order valence-electron chi connectivity index (χ3n) is 3.65. The number of carbonyl (C=O) groups excluding carboxylic acids is 1. The van der Waals surface area contributed by atoms with E-state index in [0.717, 1.165) is 12.3 Å². The molecule has 0 radical (unpaired) electrons. The quantitative estimate of drug-likeness (QED) is 0.720. The number of nitriles is 1. The second kappa shape index (κ2) is 3.61. The van der Waals surface area contributed by atoms with E-state index < -0.39 is 5.92 Å². The Kier molecular flexibility index (Phi) is 2.45. The molecule has 2 aliphatic carbocycles. The van der Waals surface area contributed by atoms with Gasteiger partial charge in [-0.3, -0.25) is 4.79 Å². The van der Waals surface area contributed by atoms with Crippen molar-refractivity contribution >= 4 is 5.91 Å². The first-order chi connectivity index (χ1) is 6.70. The monoisotopic (exact) mass is 192 g/mol. The highest BCUT2D eigenvalue weighted by Crippen LogP contribution is 2.44. The van der Waals surface area contributed by atoms with Crippen molar-refractivity contribution in [2.75, 3.05) is 0 Å². The molecule has 0 heterocycles. The van der Waals surface area contributed by atoms with E-state index in [4.69, 9.17) is 5.26 Å². The highest BCUT2D eigenvalue weighted by atomic mass is 16.1. The minimum Gasteiger partial charge on any atom is -0.352 e. The number of carbonyl (C=O) groups is 1. The van der Waals surface area contributed by atoms with E-state index in [0.29, 0.717) is 12.0 Å². The van der Waals surface area contributed by atoms with Crippen LogP contribution in [0.1, 0.15) is 32.6 Å². The van der Waals surface area contributed by atoms with Crippen LogP contribution in [-0.2, 0) is 4.79 Å². The summed E-state index contributed by atoms with van der Waals surface area (Å²) in [5.74, 6) is 0.928. The number of hydrogen-bond donors (Lipinski definition) is 1. The highest BCUT2D eigenvalue weighted by Gasteiger charge is 2.40. The fourth-order valence-corrected chi connectivity index (χ4v) is 2.79. The van der Waals surface area contributed by atoms with E-state index in [2.05, 4.69) is 5.32 Å². The Hall–Kier alpha value is -1.04.